The molecular weight excluding hydrogens is 282 g/mol. The van der Waals surface area contributed by atoms with Gasteiger partial charge in [0.25, 0.3) is 0 Å². The molecule has 6 heteroatoms. The molecule has 0 bridgehead atoms. The highest BCUT2D eigenvalue weighted by Crippen LogP contribution is 2.38. The smallest absolute Gasteiger partial charge is 0.361 e. The fourth-order valence-corrected chi connectivity index (χ4v) is 4.39. The monoisotopic (exact) mass is 295 g/mol. The van der Waals surface area contributed by atoms with Gasteiger partial charge in [-0.05, 0) is 30.7 Å². The second-order valence-electron chi connectivity index (χ2n) is 4.11. The maximum absolute atomic E-state index is 11.8. The summed E-state index contributed by atoms with van der Waals surface area (Å²) in [5, 5.41) is 0. The highest BCUT2D eigenvalue weighted by atomic mass is 32.2. The van der Waals surface area contributed by atoms with Crippen molar-refractivity contribution in [2.24, 2.45) is 0 Å². The van der Waals surface area contributed by atoms with Crippen molar-refractivity contribution in [3.05, 3.63) is 28.6 Å². The minimum absolute atomic E-state index is 0.271. The molecule has 0 saturated heterocycles. The van der Waals surface area contributed by atoms with E-state index in [1.165, 1.54) is 16.8 Å². The van der Waals surface area contributed by atoms with Crippen LogP contribution in [-0.4, -0.2) is 23.3 Å². The van der Waals surface area contributed by atoms with E-state index < -0.39 is 5.97 Å². The second kappa shape index (κ2) is 5.38. The first-order chi connectivity index (χ1) is 9.29. The Kier molecular flexibility index (Phi) is 3.61. The summed E-state index contributed by atoms with van der Waals surface area (Å²) in [6, 6.07) is 2.11. The average Bonchev–Trinajstić information content (AvgIpc) is 3.05. The van der Waals surface area contributed by atoms with E-state index in [4.69, 9.17) is 9.15 Å². The Morgan fingerprint density at radius 2 is 2.47 bits per heavy atom. The van der Waals surface area contributed by atoms with Crippen LogP contribution in [0.15, 0.2) is 16.9 Å². The van der Waals surface area contributed by atoms with Crippen LogP contribution >= 0.6 is 23.1 Å². The molecule has 19 heavy (non-hydrogen) atoms. The molecule has 3 heterocycles. The molecule has 1 aliphatic heterocycles. The topological polar surface area (TPSA) is 52.3 Å². The number of ether oxygens (including phenoxy) is 1. The number of rotatable bonds is 3. The summed E-state index contributed by atoms with van der Waals surface area (Å²) in [5.74, 6) is 2.30. The maximum atomic E-state index is 11.8. The molecule has 100 valence electrons. The molecule has 4 nitrogen and oxygen atoms in total. The number of carbonyl (C=O) groups is 1. The summed E-state index contributed by atoms with van der Waals surface area (Å²) < 4.78 is 10.4. The minimum atomic E-state index is -0.424. The lowest BCUT2D eigenvalue weighted by molar-refractivity contribution is 0.0520. The first kappa shape index (κ1) is 12.7. The van der Waals surface area contributed by atoms with Gasteiger partial charge in [-0.2, -0.15) is 11.8 Å². The van der Waals surface area contributed by atoms with Crippen LogP contribution in [0.1, 0.15) is 27.9 Å². The zero-order chi connectivity index (χ0) is 13.2. The van der Waals surface area contributed by atoms with E-state index in [1.807, 2.05) is 11.8 Å². The number of fused-ring (bicyclic) bond motifs is 1. The van der Waals surface area contributed by atoms with E-state index in [2.05, 4.69) is 11.1 Å². The molecule has 0 aliphatic carbocycles. The second-order valence-corrected chi connectivity index (χ2v) is 6.35. The number of carbonyl (C=O) groups excluding carboxylic acids is 1. The first-order valence-electron chi connectivity index (χ1n) is 6.10. The largest absolute Gasteiger partial charge is 0.461 e. The third kappa shape index (κ3) is 2.42. The van der Waals surface area contributed by atoms with Crippen molar-refractivity contribution in [2.75, 3.05) is 12.4 Å². The molecule has 0 unspecified atom stereocenters. The Balaban J connectivity index is 1.96. The predicted molar refractivity (Wildman–Crippen MR) is 75.6 cm³/mol. The van der Waals surface area contributed by atoms with Crippen LogP contribution in [0.3, 0.4) is 0 Å². The maximum Gasteiger partial charge on any atom is 0.361 e. The number of nitrogens with zero attached hydrogens (tertiary/aromatic N) is 1. The first-order valence-corrected chi connectivity index (χ1v) is 8.07. The van der Waals surface area contributed by atoms with E-state index in [0.717, 1.165) is 22.8 Å². The molecular formula is C13H13NO3S2. The van der Waals surface area contributed by atoms with Crippen LogP contribution in [0.25, 0.3) is 10.6 Å². The van der Waals surface area contributed by atoms with Crippen molar-refractivity contribution in [1.29, 1.82) is 0 Å². The molecule has 0 saturated carbocycles. The van der Waals surface area contributed by atoms with E-state index in [9.17, 15) is 4.79 Å². The van der Waals surface area contributed by atoms with Gasteiger partial charge in [0.2, 0.25) is 0 Å². The molecule has 1 aliphatic rings. The van der Waals surface area contributed by atoms with Gasteiger partial charge in [0.1, 0.15) is 0 Å². The van der Waals surface area contributed by atoms with Gasteiger partial charge in [0, 0.05) is 10.6 Å². The highest BCUT2D eigenvalue weighted by molar-refractivity contribution is 7.98. The normalized spacial score (nSPS) is 14.2. The van der Waals surface area contributed by atoms with Crippen molar-refractivity contribution >= 4 is 29.1 Å². The van der Waals surface area contributed by atoms with Crippen molar-refractivity contribution < 1.29 is 13.9 Å². The third-order valence-corrected chi connectivity index (χ3v) is 5.13. The molecule has 2 aromatic heterocycles. The fourth-order valence-electron chi connectivity index (χ4n) is 2.02. The summed E-state index contributed by atoms with van der Waals surface area (Å²) in [6.07, 6.45) is 2.39. The molecule has 0 spiro atoms. The van der Waals surface area contributed by atoms with Gasteiger partial charge < -0.3 is 9.15 Å². The van der Waals surface area contributed by atoms with Crippen molar-refractivity contribution in [3.63, 3.8) is 0 Å². The van der Waals surface area contributed by atoms with Gasteiger partial charge in [-0.25, -0.2) is 9.78 Å². The van der Waals surface area contributed by atoms with Gasteiger partial charge in [0.05, 0.1) is 11.5 Å². The highest BCUT2D eigenvalue weighted by Gasteiger charge is 2.23. The van der Waals surface area contributed by atoms with Crippen molar-refractivity contribution in [2.45, 2.75) is 19.1 Å². The molecule has 0 atom stereocenters. The Labute approximate surface area is 119 Å². The summed E-state index contributed by atoms with van der Waals surface area (Å²) in [7, 11) is 0. The number of hydrogen-bond donors (Lipinski definition) is 0. The summed E-state index contributed by atoms with van der Waals surface area (Å²) in [4.78, 5) is 18.1. The number of thiophene rings is 1. The van der Waals surface area contributed by atoms with E-state index in [0.29, 0.717) is 12.4 Å². The molecule has 0 N–H and O–H groups in total. The third-order valence-electron chi connectivity index (χ3n) is 2.89. The summed E-state index contributed by atoms with van der Waals surface area (Å²) in [5.41, 5.74) is 1.62. The van der Waals surface area contributed by atoms with Gasteiger partial charge in [-0.3, -0.25) is 0 Å². The molecule has 3 rings (SSSR count). The van der Waals surface area contributed by atoms with E-state index >= 15 is 0 Å². The molecule has 0 aromatic carbocycles. The van der Waals surface area contributed by atoms with Crippen LogP contribution in [0, 0.1) is 0 Å². The molecule has 2 aromatic rings. The van der Waals surface area contributed by atoms with E-state index in [1.54, 1.807) is 18.3 Å². The average molecular weight is 295 g/mol. The zero-order valence-corrected chi connectivity index (χ0v) is 12.1. The van der Waals surface area contributed by atoms with Gasteiger partial charge >= 0.3 is 5.97 Å². The lowest BCUT2D eigenvalue weighted by Gasteiger charge is -2.08. The lowest BCUT2D eigenvalue weighted by atomic mass is 10.2. The van der Waals surface area contributed by atoms with Crippen molar-refractivity contribution in [1.82, 2.24) is 4.98 Å². The quantitative estimate of drug-likeness (QED) is 0.813. The van der Waals surface area contributed by atoms with Crippen LogP contribution in [-0.2, 0) is 16.9 Å². The van der Waals surface area contributed by atoms with Gasteiger partial charge in [0.15, 0.2) is 17.8 Å². The number of aromatic nitrogens is 1. The van der Waals surface area contributed by atoms with Crippen LogP contribution in [0.4, 0.5) is 0 Å². The Morgan fingerprint density at radius 3 is 3.26 bits per heavy atom. The molecule has 0 amide bonds. The Bertz CT molecular complexity index is 579. The summed E-state index contributed by atoms with van der Waals surface area (Å²) in [6.45, 7) is 2.11. The Morgan fingerprint density at radius 1 is 1.58 bits per heavy atom. The standard InChI is InChI=1S/C13H13NO3S2/c1-2-16-13(15)11-12(17-7-14-11)10-5-8-6-18-4-3-9(8)19-10/h5,7H,2-4,6H2,1H3. The van der Waals surface area contributed by atoms with Crippen LogP contribution < -0.4 is 0 Å². The fraction of sp³-hybridized carbons (Fsp3) is 0.385. The predicted octanol–water partition coefficient (Wildman–Crippen LogP) is 3.37. The molecule has 0 radical (unpaired) electrons. The minimum Gasteiger partial charge on any atom is -0.461 e. The number of aryl methyl sites for hydroxylation is 1. The van der Waals surface area contributed by atoms with Crippen LogP contribution in [0.2, 0.25) is 0 Å². The number of esters is 1. The SMILES string of the molecule is CCOC(=O)c1ncoc1-c1cc2c(s1)CCSC2. The number of hydrogen-bond acceptors (Lipinski definition) is 6. The summed E-state index contributed by atoms with van der Waals surface area (Å²) >= 11 is 3.62. The van der Waals surface area contributed by atoms with E-state index in [-0.39, 0.29) is 5.69 Å². The number of oxazole rings is 1. The van der Waals surface area contributed by atoms with Crippen LogP contribution in [0.5, 0.6) is 0 Å². The van der Waals surface area contributed by atoms with Gasteiger partial charge in [-0.1, -0.05) is 0 Å². The lowest BCUT2D eigenvalue weighted by Crippen LogP contribution is -2.06. The molecule has 0 fully saturated rings. The Hall–Kier alpha value is -1.27. The zero-order valence-electron chi connectivity index (χ0n) is 10.5. The number of thioether (sulfide) groups is 1. The van der Waals surface area contributed by atoms with Crippen molar-refractivity contribution in [3.8, 4) is 10.6 Å². The van der Waals surface area contributed by atoms with Gasteiger partial charge in [-0.15, -0.1) is 11.3 Å².